The smallest absolute Gasteiger partial charge is 0.254 e. The number of aromatic nitrogens is 1. The van der Waals surface area contributed by atoms with Crippen molar-refractivity contribution in [3.8, 4) is 0 Å². The summed E-state index contributed by atoms with van der Waals surface area (Å²) in [5.74, 6) is -0.439. The van der Waals surface area contributed by atoms with Crippen LogP contribution in [0.15, 0.2) is 41.4 Å². The van der Waals surface area contributed by atoms with Crippen LogP contribution in [-0.2, 0) is 15.6 Å². The van der Waals surface area contributed by atoms with Crippen molar-refractivity contribution in [1.29, 1.82) is 0 Å². The van der Waals surface area contributed by atoms with Gasteiger partial charge in [0.2, 0.25) is 0 Å². The summed E-state index contributed by atoms with van der Waals surface area (Å²) in [4.78, 5) is 19.0. The van der Waals surface area contributed by atoms with Crippen LogP contribution in [0, 0.1) is 0 Å². The van der Waals surface area contributed by atoms with Crippen molar-refractivity contribution in [2.45, 2.75) is 63.3 Å². The van der Waals surface area contributed by atoms with E-state index in [0.717, 1.165) is 19.3 Å². The Hall–Kier alpha value is -1.63. The van der Waals surface area contributed by atoms with Crippen molar-refractivity contribution < 1.29 is 13.2 Å². The molecule has 3 rings (SSSR count). The molecule has 0 radical (unpaired) electrons. The number of sulfone groups is 1. The largest absolute Gasteiger partial charge is 0.333 e. The van der Waals surface area contributed by atoms with E-state index in [1.165, 1.54) is 24.4 Å². The first-order valence-electron chi connectivity index (χ1n) is 9.14. The lowest BCUT2D eigenvalue weighted by Gasteiger charge is -2.39. The molecule has 1 aromatic carbocycles. The first-order chi connectivity index (χ1) is 13.2. The summed E-state index contributed by atoms with van der Waals surface area (Å²) in [6.07, 6.45) is 4.52. The van der Waals surface area contributed by atoms with Gasteiger partial charge in [0.1, 0.15) is 0 Å². The molecule has 1 aromatic heterocycles. The molecule has 0 bridgehead atoms. The molecule has 0 N–H and O–H groups in total. The number of carbonyl (C=O) groups excluding carboxylic acids is 1. The summed E-state index contributed by atoms with van der Waals surface area (Å²) in [5.41, 5.74) is 0.747. The Kier molecular flexibility index (Phi) is 7.71. The Morgan fingerprint density at radius 3 is 2.41 bits per heavy atom. The molecule has 0 spiro atoms. The lowest BCUT2D eigenvalue weighted by Crippen LogP contribution is -2.47. The average molecular weight is 457 g/mol. The molecular weight excluding hydrogens is 431 g/mol. The molecule has 0 unspecified atom stereocenters. The predicted octanol–water partition coefficient (Wildman–Crippen LogP) is 5.40. The number of amides is 1. The molecule has 2 heterocycles. The molecule has 1 amide bonds. The van der Waals surface area contributed by atoms with Crippen LogP contribution in [-0.4, -0.2) is 36.3 Å². The van der Waals surface area contributed by atoms with Crippen molar-refractivity contribution >= 4 is 38.9 Å². The Balaban J connectivity index is 0.00000300. The second-order valence-electron chi connectivity index (χ2n) is 7.21. The van der Waals surface area contributed by atoms with E-state index in [0.29, 0.717) is 16.3 Å². The van der Waals surface area contributed by atoms with Gasteiger partial charge in [0.05, 0.1) is 21.4 Å². The zero-order valence-electron chi connectivity index (χ0n) is 15.7. The third-order valence-electron chi connectivity index (χ3n) is 5.06. The maximum atomic E-state index is 13.0. The number of rotatable bonds is 4. The standard InChI is InChI=1S/C20H22Cl2N2O3S.CH4/c1-13-4-3-5-14(2)24(13)20(25)15-8-9-23-17(10-15)12-28(26,27)19-7-6-16(21)11-18(19)22;/h6-11,13-14H,3-5,12H2,1-2H3;1H4/t13-,14+;. The molecule has 158 valence electrons. The van der Waals surface area contributed by atoms with E-state index in [-0.39, 0.29) is 41.1 Å². The van der Waals surface area contributed by atoms with Gasteiger partial charge >= 0.3 is 0 Å². The van der Waals surface area contributed by atoms with Gasteiger partial charge in [-0.3, -0.25) is 9.78 Å². The number of piperidine rings is 1. The SMILES string of the molecule is C.C[C@@H]1CCC[C@H](C)N1C(=O)c1ccnc(CS(=O)(=O)c2ccc(Cl)cc2Cl)c1. The number of benzene rings is 1. The molecule has 29 heavy (non-hydrogen) atoms. The van der Waals surface area contributed by atoms with Crippen LogP contribution in [0.3, 0.4) is 0 Å². The predicted molar refractivity (Wildman–Crippen MR) is 117 cm³/mol. The van der Waals surface area contributed by atoms with Crippen molar-refractivity contribution in [2.24, 2.45) is 0 Å². The van der Waals surface area contributed by atoms with Crippen molar-refractivity contribution in [3.63, 3.8) is 0 Å². The average Bonchev–Trinajstić information content (AvgIpc) is 2.61. The summed E-state index contributed by atoms with van der Waals surface area (Å²) in [7, 11) is -3.73. The minimum Gasteiger partial charge on any atom is -0.333 e. The fourth-order valence-corrected chi connectivity index (χ4v) is 5.76. The highest BCUT2D eigenvalue weighted by Crippen LogP contribution is 2.28. The lowest BCUT2D eigenvalue weighted by molar-refractivity contribution is 0.0510. The number of halogens is 2. The van der Waals surface area contributed by atoms with E-state index in [1.54, 1.807) is 12.1 Å². The molecule has 1 saturated heterocycles. The lowest BCUT2D eigenvalue weighted by atomic mass is 9.96. The zero-order valence-corrected chi connectivity index (χ0v) is 18.1. The Labute approximate surface area is 183 Å². The van der Waals surface area contributed by atoms with Crippen LogP contribution < -0.4 is 0 Å². The van der Waals surface area contributed by atoms with Gasteiger partial charge in [0, 0.05) is 28.9 Å². The number of hydrogen-bond acceptors (Lipinski definition) is 4. The van der Waals surface area contributed by atoms with Crippen LogP contribution >= 0.6 is 23.2 Å². The second kappa shape index (κ2) is 9.45. The molecule has 1 fully saturated rings. The maximum Gasteiger partial charge on any atom is 0.254 e. The Bertz CT molecular complexity index is 985. The molecular formula is C21H26Cl2N2O3S. The second-order valence-corrected chi connectivity index (χ2v) is 10.0. The summed E-state index contributed by atoms with van der Waals surface area (Å²) in [6, 6.07) is 7.75. The summed E-state index contributed by atoms with van der Waals surface area (Å²) < 4.78 is 25.5. The van der Waals surface area contributed by atoms with Gasteiger partial charge in [0.25, 0.3) is 5.91 Å². The van der Waals surface area contributed by atoms with E-state index in [1.807, 2.05) is 18.7 Å². The molecule has 0 aliphatic carbocycles. The van der Waals surface area contributed by atoms with Gasteiger partial charge in [0.15, 0.2) is 9.84 Å². The van der Waals surface area contributed by atoms with Crippen LogP contribution in [0.5, 0.6) is 0 Å². The molecule has 1 aliphatic heterocycles. The number of likely N-dealkylation sites (tertiary alicyclic amines) is 1. The van der Waals surface area contributed by atoms with Gasteiger partial charge in [-0.05, 0) is 63.4 Å². The highest BCUT2D eigenvalue weighted by atomic mass is 35.5. The van der Waals surface area contributed by atoms with Gasteiger partial charge in [-0.2, -0.15) is 0 Å². The van der Waals surface area contributed by atoms with Crippen LogP contribution in [0.1, 0.15) is 56.6 Å². The first kappa shape index (κ1) is 23.6. The third-order valence-corrected chi connectivity index (χ3v) is 7.42. The first-order valence-corrected chi connectivity index (χ1v) is 11.6. The fraction of sp³-hybridized carbons (Fsp3) is 0.429. The van der Waals surface area contributed by atoms with Crippen molar-refractivity contribution in [3.05, 3.63) is 57.8 Å². The zero-order chi connectivity index (χ0) is 20.5. The fourth-order valence-electron chi connectivity index (χ4n) is 3.66. The number of carbonyl (C=O) groups is 1. The molecule has 5 nitrogen and oxygen atoms in total. The highest BCUT2D eigenvalue weighted by Gasteiger charge is 2.30. The molecule has 2 atom stereocenters. The number of pyridine rings is 1. The number of nitrogens with zero attached hydrogens (tertiary/aromatic N) is 2. The van der Waals surface area contributed by atoms with E-state index in [2.05, 4.69) is 4.98 Å². The molecule has 0 saturated carbocycles. The topological polar surface area (TPSA) is 67.3 Å². The molecule has 2 aromatic rings. The Morgan fingerprint density at radius 2 is 1.79 bits per heavy atom. The van der Waals surface area contributed by atoms with E-state index in [9.17, 15) is 13.2 Å². The van der Waals surface area contributed by atoms with E-state index < -0.39 is 9.84 Å². The van der Waals surface area contributed by atoms with Gasteiger partial charge in [-0.25, -0.2) is 8.42 Å². The minimum absolute atomic E-state index is 0. The quantitative estimate of drug-likeness (QED) is 0.617. The summed E-state index contributed by atoms with van der Waals surface area (Å²) in [5, 5.41) is 0.426. The molecule has 1 aliphatic rings. The van der Waals surface area contributed by atoms with Crippen molar-refractivity contribution in [1.82, 2.24) is 9.88 Å². The minimum atomic E-state index is -3.73. The van der Waals surface area contributed by atoms with Crippen molar-refractivity contribution in [2.75, 3.05) is 0 Å². The van der Waals surface area contributed by atoms with Gasteiger partial charge in [-0.15, -0.1) is 0 Å². The van der Waals surface area contributed by atoms with Crippen LogP contribution in [0.4, 0.5) is 0 Å². The molecule has 8 heteroatoms. The van der Waals surface area contributed by atoms with E-state index >= 15 is 0 Å². The van der Waals surface area contributed by atoms with Gasteiger partial charge in [-0.1, -0.05) is 30.6 Å². The normalized spacial score (nSPS) is 19.5. The maximum absolute atomic E-state index is 13.0. The highest BCUT2D eigenvalue weighted by molar-refractivity contribution is 7.90. The summed E-state index contributed by atoms with van der Waals surface area (Å²) in [6.45, 7) is 4.09. The van der Waals surface area contributed by atoms with Gasteiger partial charge < -0.3 is 4.90 Å². The monoisotopic (exact) mass is 456 g/mol. The Morgan fingerprint density at radius 1 is 1.14 bits per heavy atom. The van der Waals surface area contributed by atoms with Crippen LogP contribution in [0.25, 0.3) is 0 Å². The summed E-state index contributed by atoms with van der Waals surface area (Å²) >= 11 is 11.9. The van der Waals surface area contributed by atoms with E-state index in [4.69, 9.17) is 23.2 Å². The number of hydrogen-bond donors (Lipinski definition) is 0. The third kappa shape index (κ3) is 5.30. The van der Waals surface area contributed by atoms with Crippen LogP contribution in [0.2, 0.25) is 10.0 Å².